The van der Waals surface area contributed by atoms with Crippen molar-refractivity contribution in [3.05, 3.63) is 28.8 Å². The van der Waals surface area contributed by atoms with Gasteiger partial charge in [0.05, 0.1) is 18.2 Å². The van der Waals surface area contributed by atoms with Crippen LogP contribution in [0.25, 0.3) is 0 Å². The number of amides is 1. The maximum atomic E-state index is 12.4. The monoisotopic (exact) mass is 327 g/mol. The van der Waals surface area contributed by atoms with Gasteiger partial charge in [-0.25, -0.2) is 4.79 Å². The summed E-state index contributed by atoms with van der Waals surface area (Å²) >= 11 is 6.05. The second kappa shape index (κ2) is 6.98. The Morgan fingerprint density at radius 1 is 1.50 bits per heavy atom. The number of nitrogens with zero attached hydrogens (tertiary/aromatic N) is 1. The molecule has 0 bridgehead atoms. The van der Waals surface area contributed by atoms with Crippen LogP contribution in [0.2, 0.25) is 5.02 Å². The van der Waals surface area contributed by atoms with Crippen LogP contribution in [0.4, 0.5) is 0 Å². The fraction of sp³-hybridized carbons (Fsp3) is 0.467. The van der Waals surface area contributed by atoms with E-state index >= 15 is 0 Å². The summed E-state index contributed by atoms with van der Waals surface area (Å²) in [6, 6.07) is 5.31. The van der Waals surface area contributed by atoms with Crippen molar-refractivity contribution in [3.63, 3.8) is 0 Å². The predicted molar refractivity (Wildman–Crippen MR) is 80.2 cm³/mol. The highest BCUT2D eigenvalue weighted by molar-refractivity contribution is 6.32. The van der Waals surface area contributed by atoms with Crippen LogP contribution < -0.4 is 4.74 Å². The zero-order valence-electron chi connectivity index (χ0n) is 12.4. The van der Waals surface area contributed by atoms with Gasteiger partial charge in [-0.1, -0.05) is 17.7 Å². The lowest BCUT2D eigenvalue weighted by molar-refractivity contribution is -0.161. The molecule has 2 atom stereocenters. The van der Waals surface area contributed by atoms with Gasteiger partial charge >= 0.3 is 5.97 Å². The van der Waals surface area contributed by atoms with Gasteiger partial charge < -0.3 is 19.5 Å². The summed E-state index contributed by atoms with van der Waals surface area (Å²) < 4.78 is 10.7. The van der Waals surface area contributed by atoms with Gasteiger partial charge in [-0.15, -0.1) is 0 Å². The minimum atomic E-state index is -1.08. The maximum absolute atomic E-state index is 12.4. The van der Waals surface area contributed by atoms with E-state index in [2.05, 4.69) is 0 Å². The number of carboxylic acids is 1. The molecule has 0 aromatic heterocycles. The quantitative estimate of drug-likeness (QED) is 0.911. The second-order valence-electron chi connectivity index (χ2n) is 5.18. The van der Waals surface area contributed by atoms with Crippen LogP contribution in [0, 0.1) is 6.92 Å². The number of morpholine rings is 1. The molecule has 1 heterocycles. The number of aliphatic carboxylic acids is 1. The highest BCUT2D eigenvalue weighted by atomic mass is 35.5. The Balaban J connectivity index is 2.02. The number of carboxylic acid groups (broad SMARTS) is 1. The Bertz CT molecular complexity index is 577. The molecule has 7 heteroatoms. The van der Waals surface area contributed by atoms with Crippen molar-refractivity contribution in [2.75, 3.05) is 19.7 Å². The van der Waals surface area contributed by atoms with Crippen LogP contribution in [-0.4, -0.2) is 53.8 Å². The number of ether oxygens (including phenoxy) is 2. The summed E-state index contributed by atoms with van der Waals surface area (Å²) in [7, 11) is 0. The number of rotatable bonds is 4. The van der Waals surface area contributed by atoms with Crippen LogP contribution in [0.15, 0.2) is 18.2 Å². The largest absolute Gasteiger partial charge is 0.479 e. The smallest absolute Gasteiger partial charge is 0.334 e. The molecule has 1 aromatic rings. The molecule has 0 spiro atoms. The summed E-state index contributed by atoms with van der Waals surface area (Å²) in [5.74, 6) is -0.925. The molecule has 1 aromatic carbocycles. The first kappa shape index (κ1) is 16.6. The van der Waals surface area contributed by atoms with E-state index in [0.29, 0.717) is 17.3 Å². The van der Waals surface area contributed by atoms with Gasteiger partial charge in [0, 0.05) is 6.54 Å². The van der Waals surface area contributed by atoms with E-state index in [1.807, 2.05) is 13.0 Å². The van der Waals surface area contributed by atoms with Gasteiger partial charge in [0.1, 0.15) is 5.75 Å². The molecule has 0 aliphatic carbocycles. The van der Waals surface area contributed by atoms with Crippen LogP contribution in [0.1, 0.15) is 12.5 Å². The Labute approximate surface area is 133 Å². The Morgan fingerprint density at radius 2 is 2.23 bits per heavy atom. The topological polar surface area (TPSA) is 76.1 Å². The van der Waals surface area contributed by atoms with E-state index in [9.17, 15) is 9.59 Å². The number of carbonyl (C=O) groups excluding carboxylic acids is 1. The van der Waals surface area contributed by atoms with Gasteiger partial charge in [0.2, 0.25) is 0 Å². The molecule has 1 fully saturated rings. The molecule has 2 rings (SSSR count). The fourth-order valence-electron chi connectivity index (χ4n) is 2.20. The summed E-state index contributed by atoms with van der Waals surface area (Å²) in [4.78, 5) is 24.8. The molecule has 22 heavy (non-hydrogen) atoms. The maximum Gasteiger partial charge on any atom is 0.334 e. The van der Waals surface area contributed by atoms with E-state index in [0.717, 1.165) is 5.56 Å². The van der Waals surface area contributed by atoms with E-state index in [4.69, 9.17) is 26.2 Å². The fourth-order valence-corrected chi connectivity index (χ4v) is 2.36. The van der Waals surface area contributed by atoms with Crippen molar-refractivity contribution in [2.45, 2.75) is 26.1 Å². The minimum Gasteiger partial charge on any atom is -0.479 e. The number of carbonyl (C=O) groups is 2. The van der Waals surface area contributed by atoms with E-state index in [1.165, 1.54) is 4.90 Å². The lowest BCUT2D eigenvalue weighted by Gasteiger charge is -2.32. The second-order valence-corrected chi connectivity index (χ2v) is 5.58. The predicted octanol–water partition coefficient (Wildman–Crippen LogP) is 1.73. The third kappa shape index (κ3) is 3.90. The van der Waals surface area contributed by atoms with Crippen molar-refractivity contribution >= 4 is 23.5 Å². The Hall–Kier alpha value is -1.79. The molecule has 0 saturated carbocycles. The highest BCUT2D eigenvalue weighted by Gasteiger charge is 2.31. The first-order valence-electron chi connectivity index (χ1n) is 6.94. The number of hydrogen-bond donors (Lipinski definition) is 1. The number of halogens is 1. The third-order valence-electron chi connectivity index (χ3n) is 3.39. The van der Waals surface area contributed by atoms with Crippen molar-refractivity contribution < 1.29 is 24.2 Å². The van der Waals surface area contributed by atoms with Crippen molar-refractivity contribution in [1.82, 2.24) is 4.90 Å². The summed E-state index contributed by atoms with van der Waals surface area (Å²) in [5.41, 5.74) is 0.969. The van der Waals surface area contributed by atoms with E-state index in [-0.39, 0.29) is 19.1 Å². The first-order valence-corrected chi connectivity index (χ1v) is 7.32. The molecule has 1 aliphatic rings. The van der Waals surface area contributed by atoms with Crippen LogP contribution in [-0.2, 0) is 14.3 Å². The Kier molecular flexibility index (Phi) is 5.26. The van der Waals surface area contributed by atoms with Gasteiger partial charge in [-0.05, 0) is 31.5 Å². The van der Waals surface area contributed by atoms with Crippen LogP contribution in [0.5, 0.6) is 5.75 Å². The average molecular weight is 328 g/mol. The van der Waals surface area contributed by atoms with Crippen molar-refractivity contribution in [3.8, 4) is 5.75 Å². The zero-order chi connectivity index (χ0) is 16.3. The molecule has 120 valence electrons. The zero-order valence-corrected chi connectivity index (χ0v) is 13.2. The van der Waals surface area contributed by atoms with Gasteiger partial charge in [0.25, 0.3) is 5.91 Å². The first-order chi connectivity index (χ1) is 10.4. The molecular formula is C15H18ClNO5. The van der Waals surface area contributed by atoms with Crippen molar-refractivity contribution in [1.29, 1.82) is 0 Å². The van der Waals surface area contributed by atoms with Crippen LogP contribution in [0.3, 0.4) is 0 Å². The SMILES string of the molecule is Cc1ccc(Cl)c(OC(C)C(=O)N2CCOC(C(=O)O)C2)c1. The van der Waals surface area contributed by atoms with Gasteiger partial charge in [-0.2, -0.15) is 0 Å². The normalized spacial score (nSPS) is 19.6. The molecule has 1 aliphatic heterocycles. The van der Waals surface area contributed by atoms with Gasteiger partial charge in [-0.3, -0.25) is 4.79 Å². The third-order valence-corrected chi connectivity index (χ3v) is 3.70. The highest BCUT2D eigenvalue weighted by Crippen LogP contribution is 2.26. The standard InChI is InChI=1S/C15H18ClNO5/c1-9-3-4-11(16)12(7-9)22-10(2)14(18)17-5-6-21-13(8-17)15(19)20/h3-4,7,10,13H,5-6,8H2,1-2H3,(H,19,20). The lowest BCUT2D eigenvalue weighted by Crippen LogP contribution is -2.51. The van der Waals surface area contributed by atoms with E-state index in [1.54, 1.807) is 19.1 Å². The number of aryl methyl sites for hydroxylation is 1. The minimum absolute atomic E-state index is 0.0173. The molecule has 2 unspecified atom stereocenters. The number of hydrogen-bond acceptors (Lipinski definition) is 4. The molecular weight excluding hydrogens is 310 g/mol. The molecule has 1 N–H and O–H groups in total. The molecule has 0 radical (unpaired) electrons. The Morgan fingerprint density at radius 3 is 2.91 bits per heavy atom. The van der Waals surface area contributed by atoms with E-state index < -0.39 is 18.2 Å². The van der Waals surface area contributed by atoms with Crippen molar-refractivity contribution in [2.24, 2.45) is 0 Å². The lowest BCUT2D eigenvalue weighted by atomic mass is 10.2. The number of benzene rings is 1. The van der Waals surface area contributed by atoms with Crippen LogP contribution >= 0.6 is 11.6 Å². The summed E-state index contributed by atoms with van der Waals surface area (Å²) in [6.45, 7) is 4.07. The molecule has 6 nitrogen and oxygen atoms in total. The summed E-state index contributed by atoms with van der Waals surface area (Å²) in [6.07, 6.45) is -1.75. The molecule has 1 saturated heterocycles. The molecule has 1 amide bonds. The van der Waals surface area contributed by atoms with Gasteiger partial charge in [0.15, 0.2) is 12.2 Å². The summed E-state index contributed by atoms with van der Waals surface area (Å²) in [5, 5.41) is 9.39. The average Bonchev–Trinajstić information content (AvgIpc) is 2.50.